The molecule has 1 N–H and O–H groups in total. The molecule has 0 saturated carbocycles. The van der Waals surface area contributed by atoms with Crippen molar-refractivity contribution < 1.29 is 19.2 Å². The Morgan fingerprint density at radius 1 is 1.07 bits per heavy atom. The number of fused-ring (bicyclic) bond motifs is 1. The van der Waals surface area contributed by atoms with Gasteiger partial charge in [-0.3, -0.25) is 9.69 Å². The first-order valence-electron chi connectivity index (χ1n) is 10.2. The molecule has 0 bridgehead atoms. The van der Waals surface area contributed by atoms with E-state index in [2.05, 4.69) is 26.8 Å². The van der Waals surface area contributed by atoms with Crippen LogP contribution in [0.2, 0.25) is 0 Å². The number of nitrogens with zero attached hydrogens (tertiary/aromatic N) is 2. The number of hydrogen-bond acceptors (Lipinski definition) is 5. The molecule has 1 amide bonds. The second-order valence-electron chi connectivity index (χ2n) is 7.20. The van der Waals surface area contributed by atoms with Crippen molar-refractivity contribution in [3.8, 4) is 11.5 Å². The predicted octanol–water partition coefficient (Wildman–Crippen LogP) is 3.19. The summed E-state index contributed by atoms with van der Waals surface area (Å²) in [7, 11) is 3.16. The first-order valence-corrected chi connectivity index (χ1v) is 11.1. The van der Waals surface area contributed by atoms with Crippen molar-refractivity contribution in [2.75, 3.05) is 45.3 Å². The van der Waals surface area contributed by atoms with E-state index in [1.165, 1.54) is 10.5 Å². The highest BCUT2D eigenvalue weighted by Gasteiger charge is 2.24. The molecule has 2 aromatic carbocycles. The number of quaternary nitrogens is 1. The van der Waals surface area contributed by atoms with Crippen molar-refractivity contribution >= 4 is 32.6 Å². The van der Waals surface area contributed by atoms with E-state index in [0.29, 0.717) is 23.6 Å². The number of carbonyl (C=O) groups excluding carboxylic acids is 1. The fraction of sp³-hybridized carbons (Fsp3) is 0.391. The molecule has 0 spiro atoms. The second-order valence-corrected chi connectivity index (χ2v) is 8.21. The zero-order valence-corrected chi connectivity index (χ0v) is 19.1. The maximum atomic E-state index is 13.5. The average molecular weight is 429 g/mol. The van der Waals surface area contributed by atoms with Crippen LogP contribution in [0.3, 0.4) is 0 Å². The average Bonchev–Trinajstić information content (AvgIpc) is 3.18. The number of carbonyl (C=O) groups is 1. The Balaban J connectivity index is 1.98. The molecule has 0 aliphatic carbocycles. The van der Waals surface area contributed by atoms with Gasteiger partial charge in [-0.15, -0.1) is 0 Å². The molecule has 0 aliphatic heterocycles. The van der Waals surface area contributed by atoms with E-state index in [4.69, 9.17) is 14.5 Å². The smallest absolute Gasteiger partial charge is 0.260 e. The van der Waals surface area contributed by atoms with Crippen LogP contribution in [0.15, 0.2) is 36.4 Å². The molecule has 3 aromatic rings. The molecule has 0 aliphatic rings. The van der Waals surface area contributed by atoms with Crippen LogP contribution in [0.5, 0.6) is 11.5 Å². The first-order chi connectivity index (χ1) is 14.5. The van der Waals surface area contributed by atoms with Crippen LogP contribution in [0, 0.1) is 6.92 Å². The van der Waals surface area contributed by atoms with Crippen molar-refractivity contribution in [1.29, 1.82) is 0 Å². The number of rotatable bonds is 9. The van der Waals surface area contributed by atoms with E-state index in [0.717, 1.165) is 35.0 Å². The van der Waals surface area contributed by atoms with Crippen LogP contribution in [-0.4, -0.2) is 51.3 Å². The third-order valence-corrected chi connectivity index (χ3v) is 6.37. The largest absolute Gasteiger partial charge is 0.493 e. The number of ether oxygens (including phenoxy) is 2. The van der Waals surface area contributed by atoms with Crippen LogP contribution in [-0.2, 0) is 0 Å². The number of nitrogens with one attached hydrogen (secondary N) is 1. The number of anilines is 1. The summed E-state index contributed by atoms with van der Waals surface area (Å²) in [5.74, 6) is 1.06. The van der Waals surface area contributed by atoms with Gasteiger partial charge in [0.05, 0.1) is 50.6 Å². The summed E-state index contributed by atoms with van der Waals surface area (Å²) in [6.07, 6.45) is 0. The standard InChI is InChI=1S/C23H29N3O3S/c1-6-25(7-2)12-13-26(23-24-18-10-8-16(3)14-21(18)30-23)22(27)17-9-11-19(28-4)20(15-17)29-5/h8-11,14-15H,6-7,12-13H2,1-5H3/p+1. The molecule has 0 saturated heterocycles. The highest BCUT2D eigenvalue weighted by molar-refractivity contribution is 7.22. The van der Waals surface area contributed by atoms with Crippen molar-refractivity contribution in [3.05, 3.63) is 47.5 Å². The third kappa shape index (κ3) is 4.74. The minimum Gasteiger partial charge on any atom is -0.493 e. The van der Waals surface area contributed by atoms with Crippen LogP contribution in [0.25, 0.3) is 10.2 Å². The van der Waals surface area contributed by atoms with Crippen LogP contribution in [0.4, 0.5) is 5.13 Å². The zero-order chi connectivity index (χ0) is 21.7. The summed E-state index contributed by atoms with van der Waals surface area (Å²) < 4.78 is 11.8. The Bertz CT molecular complexity index is 1010. The van der Waals surface area contributed by atoms with Gasteiger partial charge < -0.3 is 14.4 Å². The molecule has 0 atom stereocenters. The molecule has 6 nitrogen and oxygen atoms in total. The van der Waals surface area contributed by atoms with Gasteiger partial charge >= 0.3 is 0 Å². The summed E-state index contributed by atoms with van der Waals surface area (Å²) >= 11 is 1.56. The van der Waals surface area contributed by atoms with Gasteiger partial charge in [-0.1, -0.05) is 17.4 Å². The molecule has 30 heavy (non-hydrogen) atoms. The van der Waals surface area contributed by atoms with Gasteiger partial charge in [0, 0.05) is 5.56 Å². The quantitative estimate of drug-likeness (QED) is 0.569. The maximum absolute atomic E-state index is 13.5. The number of hydrogen-bond donors (Lipinski definition) is 1. The van der Waals surface area contributed by atoms with Gasteiger partial charge in [0.1, 0.15) is 0 Å². The Kier molecular flexibility index (Phi) is 7.29. The van der Waals surface area contributed by atoms with Gasteiger partial charge in [-0.25, -0.2) is 4.98 Å². The highest BCUT2D eigenvalue weighted by Crippen LogP contribution is 2.32. The minimum atomic E-state index is -0.0849. The van der Waals surface area contributed by atoms with Gasteiger partial charge in [0.25, 0.3) is 5.91 Å². The van der Waals surface area contributed by atoms with Crippen molar-refractivity contribution in [3.63, 3.8) is 0 Å². The molecule has 0 unspecified atom stereocenters. The normalized spacial score (nSPS) is 11.1. The summed E-state index contributed by atoms with van der Waals surface area (Å²) in [5.41, 5.74) is 2.65. The molecule has 1 heterocycles. The van der Waals surface area contributed by atoms with Crippen LogP contribution >= 0.6 is 11.3 Å². The van der Waals surface area contributed by atoms with Crippen molar-refractivity contribution in [2.24, 2.45) is 0 Å². The maximum Gasteiger partial charge on any atom is 0.260 e. The number of aromatic nitrogens is 1. The highest BCUT2D eigenvalue weighted by atomic mass is 32.1. The van der Waals surface area contributed by atoms with Gasteiger partial charge in [-0.05, 0) is 56.7 Å². The summed E-state index contributed by atoms with van der Waals surface area (Å²) in [5, 5.41) is 0.724. The number of amides is 1. The van der Waals surface area contributed by atoms with Gasteiger partial charge in [-0.2, -0.15) is 0 Å². The van der Waals surface area contributed by atoms with Crippen molar-refractivity contribution in [1.82, 2.24) is 4.98 Å². The Morgan fingerprint density at radius 2 is 1.80 bits per heavy atom. The van der Waals surface area contributed by atoms with E-state index in [1.807, 2.05) is 12.1 Å². The Hall–Kier alpha value is -2.64. The van der Waals surface area contributed by atoms with E-state index >= 15 is 0 Å². The lowest BCUT2D eigenvalue weighted by Crippen LogP contribution is -3.12. The number of thiazole rings is 1. The molecule has 160 valence electrons. The van der Waals surface area contributed by atoms with Gasteiger partial charge in [0.2, 0.25) is 0 Å². The number of benzene rings is 2. The molecular weight excluding hydrogens is 398 g/mol. The zero-order valence-electron chi connectivity index (χ0n) is 18.3. The topological polar surface area (TPSA) is 56.1 Å². The molecule has 0 fully saturated rings. The van der Waals surface area contributed by atoms with E-state index < -0.39 is 0 Å². The van der Waals surface area contributed by atoms with E-state index in [-0.39, 0.29) is 5.91 Å². The molecule has 0 radical (unpaired) electrons. The summed E-state index contributed by atoms with van der Waals surface area (Å²) in [4.78, 5) is 21.5. The Morgan fingerprint density at radius 3 is 2.47 bits per heavy atom. The minimum absolute atomic E-state index is 0.0849. The fourth-order valence-electron chi connectivity index (χ4n) is 3.42. The lowest BCUT2D eigenvalue weighted by molar-refractivity contribution is -0.894. The Labute approximate surface area is 182 Å². The van der Waals surface area contributed by atoms with Gasteiger partial charge in [0.15, 0.2) is 16.6 Å². The first kappa shape index (κ1) is 22.1. The number of aryl methyl sites for hydroxylation is 1. The molecule has 3 rings (SSSR count). The SMILES string of the molecule is CC[NH+](CC)CCN(C(=O)c1ccc(OC)c(OC)c1)c1nc2ccc(C)cc2s1. The van der Waals surface area contributed by atoms with Crippen molar-refractivity contribution in [2.45, 2.75) is 20.8 Å². The second kappa shape index (κ2) is 9.91. The monoisotopic (exact) mass is 428 g/mol. The fourth-order valence-corrected chi connectivity index (χ4v) is 4.51. The summed E-state index contributed by atoms with van der Waals surface area (Å²) in [6, 6.07) is 11.5. The third-order valence-electron chi connectivity index (χ3n) is 5.33. The molecule has 1 aromatic heterocycles. The summed E-state index contributed by atoms with van der Waals surface area (Å²) in [6.45, 7) is 9.90. The van der Waals surface area contributed by atoms with E-state index in [9.17, 15) is 4.79 Å². The number of methoxy groups -OCH3 is 2. The van der Waals surface area contributed by atoms with Crippen LogP contribution < -0.4 is 19.3 Å². The molecular formula is C23H30N3O3S+. The van der Waals surface area contributed by atoms with Crippen LogP contribution in [0.1, 0.15) is 29.8 Å². The molecule has 7 heteroatoms. The number of likely N-dealkylation sites (N-methyl/N-ethyl adjacent to an activating group) is 1. The lowest BCUT2D eigenvalue weighted by Gasteiger charge is -2.23. The van der Waals surface area contributed by atoms with E-state index in [1.54, 1.807) is 48.7 Å². The lowest BCUT2D eigenvalue weighted by atomic mass is 10.1. The predicted molar refractivity (Wildman–Crippen MR) is 122 cm³/mol.